The summed E-state index contributed by atoms with van der Waals surface area (Å²) in [6.07, 6.45) is 0. The fourth-order valence-corrected chi connectivity index (χ4v) is 2.40. The van der Waals surface area contributed by atoms with Crippen molar-refractivity contribution in [1.82, 2.24) is 0 Å². The van der Waals surface area contributed by atoms with Gasteiger partial charge >= 0.3 is 0 Å². The summed E-state index contributed by atoms with van der Waals surface area (Å²) in [5.74, 6) is 1.11. The Kier molecular flexibility index (Phi) is 4.53. The monoisotopic (exact) mass is 258 g/mol. The predicted molar refractivity (Wildman–Crippen MR) is 81.0 cm³/mol. The maximum atomic E-state index is 5.75. The van der Waals surface area contributed by atoms with E-state index in [2.05, 4.69) is 42.6 Å². The molecule has 0 amide bonds. The van der Waals surface area contributed by atoms with Gasteiger partial charge in [0.1, 0.15) is 0 Å². The summed E-state index contributed by atoms with van der Waals surface area (Å²) < 4.78 is 0. The average Bonchev–Trinajstić information content (AvgIpc) is 2.38. The van der Waals surface area contributed by atoms with Gasteiger partial charge in [0.2, 0.25) is 0 Å². The van der Waals surface area contributed by atoms with Crippen molar-refractivity contribution in [2.75, 3.05) is 16.8 Å². The highest BCUT2D eigenvalue weighted by Crippen LogP contribution is 2.20. The lowest BCUT2D eigenvalue weighted by atomic mass is 10.2. The highest BCUT2D eigenvalue weighted by Gasteiger charge is 1.96. The summed E-state index contributed by atoms with van der Waals surface area (Å²) in [5.41, 5.74) is 8.89. The lowest BCUT2D eigenvalue weighted by Crippen LogP contribution is -1.99. The van der Waals surface area contributed by atoms with Crippen molar-refractivity contribution in [3.8, 4) is 0 Å². The quantitative estimate of drug-likeness (QED) is 0.629. The number of hydrogen-bond acceptors (Lipinski definition) is 3. The Morgan fingerprint density at radius 1 is 1.11 bits per heavy atom. The zero-order valence-electron chi connectivity index (χ0n) is 10.5. The molecule has 0 radical (unpaired) electrons. The number of thioether (sulfide) groups is 1. The third-order valence-electron chi connectivity index (χ3n) is 2.61. The second-order valence-corrected chi connectivity index (χ2v) is 5.39. The van der Waals surface area contributed by atoms with E-state index < -0.39 is 0 Å². The lowest BCUT2D eigenvalue weighted by molar-refractivity contribution is 1.15. The maximum absolute atomic E-state index is 5.75. The average molecular weight is 258 g/mol. The van der Waals surface area contributed by atoms with Gasteiger partial charge in [0, 0.05) is 22.8 Å². The minimum absolute atomic E-state index is 0.797. The molecule has 0 saturated heterocycles. The normalized spacial score (nSPS) is 10.3. The molecule has 0 unspecified atom stereocenters. The Balaban J connectivity index is 1.93. The van der Waals surface area contributed by atoms with Gasteiger partial charge in [-0.25, -0.2) is 0 Å². The molecule has 0 heterocycles. The topological polar surface area (TPSA) is 38.0 Å². The summed E-state index contributed by atoms with van der Waals surface area (Å²) in [6.45, 7) is 2.96. The van der Waals surface area contributed by atoms with E-state index in [0.29, 0.717) is 0 Å². The summed E-state index contributed by atoms with van der Waals surface area (Å²) in [6, 6.07) is 16.5. The number of rotatable bonds is 5. The first-order valence-electron chi connectivity index (χ1n) is 6.09. The van der Waals surface area contributed by atoms with E-state index >= 15 is 0 Å². The van der Waals surface area contributed by atoms with Gasteiger partial charge in [-0.2, -0.15) is 0 Å². The molecule has 3 heteroatoms. The molecule has 0 saturated carbocycles. The molecule has 2 rings (SSSR count). The Morgan fingerprint density at radius 3 is 2.56 bits per heavy atom. The van der Waals surface area contributed by atoms with Crippen LogP contribution in [-0.2, 0) is 6.54 Å². The molecule has 0 fully saturated rings. The van der Waals surface area contributed by atoms with Gasteiger partial charge in [-0.3, -0.25) is 0 Å². The van der Waals surface area contributed by atoms with Crippen LogP contribution in [0.1, 0.15) is 12.5 Å². The largest absolute Gasteiger partial charge is 0.399 e. The van der Waals surface area contributed by atoms with Crippen molar-refractivity contribution in [3.63, 3.8) is 0 Å². The van der Waals surface area contributed by atoms with Crippen molar-refractivity contribution >= 4 is 23.1 Å². The predicted octanol–water partition coefficient (Wildman–Crippen LogP) is 3.99. The van der Waals surface area contributed by atoms with Crippen LogP contribution in [0, 0.1) is 0 Å². The first-order valence-corrected chi connectivity index (χ1v) is 7.07. The van der Waals surface area contributed by atoms with Crippen LogP contribution in [0.3, 0.4) is 0 Å². The Bertz CT molecular complexity index is 494. The van der Waals surface area contributed by atoms with Crippen LogP contribution < -0.4 is 11.1 Å². The lowest BCUT2D eigenvalue weighted by Gasteiger charge is -2.08. The van der Waals surface area contributed by atoms with Crippen molar-refractivity contribution in [1.29, 1.82) is 0 Å². The molecule has 0 spiro atoms. The zero-order valence-corrected chi connectivity index (χ0v) is 11.3. The fourth-order valence-electron chi connectivity index (χ4n) is 1.74. The summed E-state index contributed by atoms with van der Waals surface area (Å²) in [4.78, 5) is 1.31. The SMILES string of the molecule is CCSc1ccc(NCc2cccc(N)c2)cc1. The van der Waals surface area contributed by atoms with Crippen LogP contribution in [0.5, 0.6) is 0 Å². The van der Waals surface area contributed by atoms with E-state index in [1.807, 2.05) is 30.0 Å². The van der Waals surface area contributed by atoms with Crippen LogP contribution in [0.25, 0.3) is 0 Å². The minimum atomic E-state index is 0.797. The van der Waals surface area contributed by atoms with Gasteiger partial charge in [-0.1, -0.05) is 19.1 Å². The molecule has 0 aromatic heterocycles. The van der Waals surface area contributed by atoms with Gasteiger partial charge in [-0.05, 0) is 47.7 Å². The van der Waals surface area contributed by atoms with E-state index in [4.69, 9.17) is 5.73 Å². The molecule has 0 aliphatic carbocycles. The van der Waals surface area contributed by atoms with Crippen molar-refractivity contribution in [3.05, 3.63) is 54.1 Å². The third kappa shape index (κ3) is 3.70. The highest BCUT2D eigenvalue weighted by atomic mass is 32.2. The number of nitrogen functional groups attached to an aromatic ring is 1. The van der Waals surface area contributed by atoms with Gasteiger partial charge < -0.3 is 11.1 Å². The molecule has 2 nitrogen and oxygen atoms in total. The standard InChI is InChI=1S/C15H18N2S/c1-2-18-15-8-6-14(7-9-15)17-11-12-4-3-5-13(16)10-12/h3-10,17H,2,11,16H2,1H3. The molecule has 0 bridgehead atoms. The molecule has 94 valence electrons. The molecule has 0 aliphatic heterocycles. The van der Waals surface area contributed by atoms with E-state index in [9.17, 15) is 0 Å². The molecular weight excluding hydrogens is 240 g/mol. The summed E-state index contributed by atoms with van der Waals surface area (Å²) in [7, 11) is 0. The minimum Gasteiger partial charge on any atom is -0.399 e. The van der Waals surface area contributed by atoms with Crippen LogP contribution in [0.4, 0.5) is 11.4 Å². The number of nitrogens with one attached hydrogen (secondary N) is 1. The van der Waals surface area contributed by atoms with Crippen LogP contribution in [0.2, 0.25) is 0 Å². The Morgan fingerprint density at radius 2 is 1.89 bits per heavy atom. The number of anilines is 2. The van der Waals surface area contributed by atoms with Crippen LogP contribution in [0.15, 0.2) is 53.4 Å². The first-order chi connectivity index (χ1) is 8.78. The zero-order chi connectivity index (χ0) is 12.8. The first kappa shape index (κ1) is 12.8. The van der Waals surface area contributed by atoms with E-state index in [1.165, 1.54) is 10.5 Å². The fraction of sp³-hybridized carbons (Fsp3) is 0.200. The van der Waals surface area contributed by atoms with E-state index in [0.717, 1.165) is 23.7 Å². The molecular formula is C15H18N2S. The van der Waals surface area contributed by atoms with Gasteiger partial charge in [0.25, 0.3) is 0 Å². The Labute approximate surface area is 113 Å². The van der Waals surface area contributed by atoms with Crippen LogP contribution >= 0.6 is 11.8 Å². The number of hydrogen-bond donors (Lipinski definition) is 2. The molecule has 3 N–H and O–H groups in total. The van der Waals surface area contributed by atoms with Crippen molar-refractivity contribution in [2.24, 2.45) is 0 Å². The molecule has 2 aromatic rings. The Hall–Kier alpha value is -1.61. The van der Waals surface area contributed by atoms with Gasteiger partial charge in [-0.15, -0.1) is 11.8 Å². The molecule has 2 aromatic carbocycles. The maximum Gasteiger partial charge on any atom is 0.0401 e. The third-order valence-corrected chi connectivity index (χ3v) is 3.51. The summed E-state index contributed by atoms with van der Waals surface area (Å²) >= 11 is 1.86. The number of nitrogens with two attached hydrogens (primary N) is 1. The van der Waals surface area contributed by atoms with E-state index in [-0.39, 0.29) is 0 Å². The second-order valence-electron chi connectivity index (χ2n) is 4.06. The highest BCUT2D eigenvalue weighted by molar-refractivity contribution is 7.99. The molecule has 0 aliphatic rings. The van der Waals surface area contributed by atoms with Crippen LogP contribution in [-0.4, -0.2) is 5.75 Å². The molecule has 18 heavy (non-hydrogen) atoms. The smallest absolute Gasteiger partial charge is 0.0401 e. The van der Waals surface area contributed by atoms with E-state index in [1.54, 1.807) is 0 Å². The van der Waals surface area contributed by atoms with Crippen molar-refractivity contribution < 1.29 is 0 Å². The van der Waals surface area contributed by atoms with Crippen molar-refractivity contribution in [2.45, 2.75) is 18.4 Å². The van der Waals surface area contributed by atoms with Gasteiger partial charge in [0.05, 0.1) is 0 Å². The molecule has 0 atom stereocenters. The van der Waals surface area contributed by atoms with Gasteiger partial charge in [0.15, 0.2) is 0 Å². The second kappa shape index (κ2) is 6.36. The summed E-state index contributed by atoms with van der Waals surface area (Å²) in [5, 5.41) is 3.39. The number of benzene rings is 2.